The van der Waals surface area contributed by atoms with Gasteiger partial charge in [-0.2, -0.15) is 0 Å². The van der Waals surface area contributed by atoms with E-state index in [1.165, 1.54) is 32.0 Å². The Balaban J connectivity index is 2.27. The molecule has 0 unspecified atom stereocenters. The number of benzene rings is 2. The quantitative estimate of drug-likeness (QED) is 0.635. The number of halogens is 1. The highest BCUT2D eigenvalue weighted by Gasteiger charge is 2.33. The zero-order valence-corrected chi connectivity index (χ0v) is 19.9. The summed E-state index contributed by atoms with van der Waals surface area (Å²) in [5.74, 6) is -1.70. The SMILES string of the molecule is CC(=O)Nc1cc(Br)cc2c1C(=N)N(C(C)=O)c1cc(S(=O)(=O)N(C)C(C)=O)ccc1O2. The Kier molecular flexibility index (Phi) is 6.11. The molecule has 0 spiro atoms. The van der Waals surface area contributed by atoms with E-state index < -0.39 is 27.7 Å². The van der Waals surface area contributed by atoms with Gasteiger partial charge in [0.1, 0.15) is 11.6 Å². The van der Waals surface area contributed by atoms with Crippen LogP contribution < -0.4 is 15.0 Å². The Morgan fingerprint density at radius 1 is 1.09 bits per heavy atom. The predicted molar refractivity (Wildman–Crippen MR) is 121 cm³/mol. The molecule has 1 aliphatic heterocycles. The minimum Gasteiger partial charge on any atom is -0.454 e. The molecule has 2 aromatic rings. The number of anilines is 2. The van der Waals surface area contributed by atoms with Crippen molar-refractivity contribution < 1.29 is 27.5 Å². The fourth-order valence-corrected chi connectivity index (χ4v) is 4.71. The van der Waals surface area contributed by atoms with E-state index in [1.807, 2.05) is 0 Å². The first-order valence-electron chi connectivity index (χ1n) is 9.16. The summed E-state index contributed by atoms with van der Waals surface area (Å²) in [6.45, 7) is 3.62. The lowest BCUT2D eigenvalue weighted by Crippen LogP contribution is -2.35. The number of rotatable bonds is 3. The third kappa shape index (κ3) is 4.10. The van der Waals surface area contributed by atoms with Crippen molar-refractivity contribution >= 4 is 60.9 Å². The molecule has 0 radical (unpaired) electrons. The Morgan fingerprint density at radius 3 is 2.31 bits per heavy atom. The molecule has 32 heavy (non-hydrogen) atoms. The standard InChI is InChI=1S/C20H19BrN4O6S/c1-10(26)23-15-7-13(21)8-18-19(15)20(22)25(12(3)28)16-9-14(5-6-17(16)31-18)32(29,30)24(4)11(2)27/h5-9,22H,1-4H3,(H,23,26). The second-order valence-electron chi connectivity index (χ2n) is 6.93. The van der Waals surface area contributed by atoms with E-state index in [9.17, 15) is 22.8 Å². The molecule has 0 saturated carbocycles. The van der Waals surface area contributed by atoms with Crippen LogP contribution in [-0.2, 0) is 24.4 Å². The fourth-order valence-electron chi connectivity index (χ4n) is 3.12. The number of nitrogens with zero attached hydrogens (tertiary/aromatic N) is 2. The van der Waals surface area contributed by atoms with Gasteiger partial charge < -0.3 is 10.1 Å². The number of amides is 3. The molecule has 3 rings (SSSR count). The summed E-state index contributed by atoms with van der Waals surface area (Å²) < 4.78 is 32.7. The van der Waals surface area contributed by atoms with Crippen LogP contribution in [0.3, 0.4) is 0 Å². The van der Waals surface area contributed by atoms with Gasteiger partial charge in [-0.3, -0.25) is 24.7 Å². The van der Waals surface area contributed by atoms with Gasteiger partial charge in [-0.1, -0.05) is 15.9 Å². The molecule has 2 N–H and O–H groups in total. The zero-order valence-electron chi connectivity index (χ0n) is 17.5. The van der Waals surface area contributed by atoms with E-state index in [0.717, 1.165) is 18.9 Å². The van der Waals surface area contributed by atoms with Crippen molar-refractivity contribution in [1.82, 2.24) is 4.31 Å². The van der Waals surface area contributed by atoms with Crippen LogP contribution in [0.5, 0.6) is 11.5 Å². The minimum atomic E-state index is -4.19. The molecule has 0 aromatic heterocycles. The van der Waals surface area contributed by atoms with Crippen LogP contribution in [0.25, 0.3) is 0 Å². The van der Waals surface area contributed by atoms with Gasteiger partial charge in [-0.05, 0) is 30.3 Å². The van der Waals surface area contributed by atoms with Gasteiger partial charge in [-0.15, -0.1) is 0 Å². The third-order valence-electron chi connectivity index (χ3n) is 4.65. The summed E-state index contributed by atoms with van der Waals surface area (Å²) in [7, 11) is -3.07. The topological polar surface area (TPSA) is 137 Å². The van der Waals surface area contributed by atoms with E-state index in [-0.39, 0.29) is 39.2 Å². The first-order valence-corrected chi connectivity index (χ1v) is 11.4. The second kappa shape index (κ2) is 8.36. The molecule has 10 nitrogen and oxygen atoms in total. The highest BCUT2D eigenvalue weighted by atomic mass is 79.9. The first-order chi connectivity index (χ1) is 14.8. The number of sulfonamides is 1. The average molecular weight is 523 g/mol. The summed E-state index contributed by atoms with van der Waals surface area (Å²) >= 11 is 3.33. The van der Waals surface area contributed by atoms with Crippen molar-refractivity contribution in [2.75, 3.05) is 17.3 Å². The molecule has 0 atom stereocenters. The van der Waals surface area contributed by atoms with E-state index >= 15 is 0 Å². The molecule has 12 heteroatoms. The normalized spacial score (nSPS) is 12.8. The third-order valence-corrected chi connectivity index (χ3v) is 6.93. The molecular weight excluding hydrogens is 504 g/mol. The Hall–Kier alpha value is -3.25. The van der Waals surface area contributed by atoms with Crippen LogP contribution in [0, 0.1) is 5.41 Å². The van der Waals surface area contributed by atoms with Crippen LogP contribution in [-0.4, -0.2) is 43.3 Å². The van der Waals surface area contributed by atoms with Gasteiger partial charge in [0, 0.05) is 32.3 Å². The maximum absolute atomic E-state index is 12.8. The average Bonchev–Trinajstić information content (AvgIpc) is 2.79. The second-order valence-corrected chi connectivity index (χ2v) is 9.82. The lowest BCUT2D eigenvalue weighted by atomic mass is 10.1. The van der Waals surface area contributed by atoms with E-state index in [2.05, 4.69) is 21.2 Å². The van der Waals surface area contributed by atoms with Crippen molar-refractivity contribution in [3.63, 3.8) is 0 Å². The summed E-state index contributed by atoms with van der Waals surface area (Å²) in [4.78, 5) is 36.6. The van der Waals surface area contributed by atoms with Crippen LogP contribution in [0.4, 0.5) is 11.4 Å². The monoisotopic (exact) mass is 522 g/mol. The van der Waals surface area contributed by atoms with Crippen molar-refractivity contribution in [1.29, 1.82) is 5.41 Å². The molecule has 0 fully saturated rings. The minimum absolute atomic E-state index is 0.00150. The number of fused-ring (bicyclic) bond motifs is 2. The molecule has 0 aliphatic carbocycles. The largest absolute Gasteiger partial charge is 0.454 e. The van der Waals surface area contributed by atoms with Crippen molar-refractivity contribution in [3.8, 4) is 11.5 Å². The van der Waals surface area contributed by atoms with Crippen molar-refractivity contribution in [2.24, 2.45) is 0 Å². The van der Waals surface area contributed by atoms with Gasteiger partial charge in [0.2, 0.25) is 17.7 Å². The zero-order chi connectivity index (χ0) is 24.0. The lowest BCUT2D eigenvalue weighted by Gasteiger charge is -2.23. The Morgan fingerprint density at radius 2 is 1.75 bits per heavy atom. The van der Waals surface area contributed by atoms with Gasteiger partial charge in [0.05, 0.1) is 21.8 Å². The highest BCUT2D eigenvalue weighted by molar-refractivity contribution is 9.10. The number of nitrogens with one attached hydrogen (secondary N) is 2. The highest BCUT2D eigenvalue weighted by Crippen LogP contribution is 2.44. The maximum atomic E-state index is 12.8. The van der Waals surface area contributed by atoms with E-state index in [1.54, 1.807) is 12.1 Å². The van der Waals surface area contributed by atoms with Gasteiger partial charge in [0.25, 0.3) is 10.0 Å². The molecule has 1 heterocycles. The number of ether oxygens (including phenoxy) is 1. The Labute approximate surface area is 192 Å². The predicted octanol–water partition coefficient (Wildman–Crippen LogP) is 3.06. The lowest BCUT2D eigenvalue weighted by molar-refractivity contribution is -0.123. The number of carbonyl (C=O) groups excluding carboxylic acids is 3. The van der Waals surface area contributed by atoms with Crippen LogP contribution in [0.2, 0.25) is 0 Å². The van der Waals surface area contributed by atoms with Crippen LogP contribution >= 0.6 is 15.9 Å². The van der Waals surface area contributed by atoms with Crippen molar-refractivity contribution in [2.45, 2.75) is 25.7 Å². The first kappa shape index (κ1) is 23.4. The summed E-state index contributed by atoms with van der Waals surface area (Å²) in [6, 6.07) is 6.88. The Bertz CT molecular complexity index is 1290. The molecule has 0 bridgehead atoms. The number of hydrogen-bond donors (Lipinski definition) is 2. The van der Waals surface area contributed by atoms with Crippen LogP contribution in [0.1, 0.15) is 26.3 Å². The van der Waals surface area contributed by atoms with Gasteiger partial charge >= 0.3 is 0 Å². The van der Waals surface area contributed by atoms with Crippen molar-refractivity contribution in [3.05, 3.63) is 40.4 Å². The molecule has 1 aliphatic rings. The molecule has 0 saturated heterocycles. The van der Waals surface area contributed by atoms with Gasteiger partial charge in [0.15, 0.2) is 5.75 Å². The maximum Gasteiger partial charge on any atom is 0.266 e. The molecule has 3 amide bonds. The summed E-state index contributed by atoms with van der Waals surface area (Å²) in [5.41, 5.74) is 0.372. The van der Waals surface area contributed by atoms with Crippen LogP contribution in [0.15, 0.2) is 39.7 Å². The number of amidine groups is 1. The number of hydrogen-bond acceptors (Lipinski definition) is 7. The van der Waals surface area contributed by atoms with E-state index in [0.29, 0.717) is 8.78 Å². The summed E-state index contributed by atoms with van der Waals surface area (Å²) in [5, 5.41) is 11.3. The van der Waals surface area contributed by atoms with Gasteiger partial charge in [-0.25, -0.2) is 12.7 Å². The number of carbonyl (C=O) groups is 3. The smallest absolute Gasteiger partial charge is 0.266 e. The molecular formula is C20H19BrN4O6S. The summed E-state index contributed by atoms with van der Waals surface area (Å²) in [6.07, 6.45) is 0. The fraction of sp³-hybridized carbons (Fsp3) is 0.200. The van der Waals surface area contributed by atoms with E-state index in [4.69, 9.17) is 10.1 Å². The molecule has 2 aromatic carbocycles. The molecule has 168 valence electrons.